The van der Waals surface area contributed by atoms with Crippen LogP contribution in [0.5, 0.6) is 11.5 Å². The lowest BCUT2D eigenvalue weighted by Crippen LogP contribution is -2.01. The van der Waals surface area contributed by atoms with Crippen molar-refractivity contribution < 1.29 is 9.47 Å². The van der Waals surface area contributed by atoms with E-state index in [1.807, 2.05) is 54.6 Å². The Bertz CT molecular complexity index is 1220. The lowest BCUT2D eigenvalue weighted by atomic mass is 10.1. The molecule has 0 aliphatic heterocycles. The molecule has 0 bridgehead atoms. The molecule has 4 aromatic rings. The van der Waals surface area contributed by atoms with Gasteiger partial charge in [-0.3, -0.25) is 0 Å². The van der Waals surface area contributed by atoms with Crippen LogP contribution in [0.1, 0.15) is 11.1 Å². The fraction of sp³-hybridized carbons (Fsp3) is 0.115. The number of ether oxygens (including phenoxy) is 2. The lowest BCUT2D eigenvalue weighted by Gasteiger charge is -2.09. The summed E-state index contributed by atoms with van der Waals surface area (Å²) in [5.41, 5.74) is 8.62. The third-order valence-corrected chi connectivity index (χ3v) is 4.95. The lowest BCUT2D eigenvalue weighted by molar-refractivity contribution is 0.394. The molecular formula is C26H24N4O2. The zero-order chi connectivity index (χ0) is 22.3. The Morgan fingerprint density at radius 2 is 1.47 bits per heavy atom. The van der Waals surface area contributed by atoms with Crippen LogP contribution in [0, 0.1) is 6.92 Å². The van der Waals surface area contributed by atoms with Gasteiger partial charge in [0.25, 0.3) is 0 Å². The zero-order valence-electron chi connectivity index (χ0n) is 18.2. The molecular weight excluding hydrogens is 400 g/mol. The van der Waals surface area contributed by atoms with Crippen molar-refractivity contribution in [3.63, 3.8) is 0 Å². The Balaban J connectivity index is 1.66. The number of nitrogens with one attached hydrogen (secondary N) is 1. The highest BCUT2D eigenvalue weighted by Gasteiger charge is 2.09. The molecule has 1 aromatic heterocycles. The fourth-order valence-electron chi connectivity index (χ4n) is 3.21. The van der Waals surface area contributed by atoms with Gasteiger partial charge in [-0.25, -0.2) is 15.4 Å². The van der Waals surface area contributed by atoms with E-state index in [4.69, 9.17) is 9.47 Å². The van der Waals surface area contributed by atoms with Gasteiger partial charge in [-0.1, -0.05) is 60.2 Å². The molecule has 0 aliphatic rings. The number of methoxy groups -OCH3 is 2. The summed E-state index contributed by atoms with van der Waals surface area (Å²) in [6, 6.07) is 25.8. The largest absolute Gasteiger partial charge is 0.497 e. The van der Waals surface area contributed by atoms with Crippen LogP contribution in [-0.2, 0) is 0 Å². The molecule has 32 heavy (non-hydrogen) atoms. The Labute approximate surface area is 187 Å². The van der Waals surface area contributed by atoms with Crippen LogP contribution in [0.3, 0.4) is 0 Å². The van der Waals surface area contributed by atoms with Crippen molar-refractivity contribution in [3.05, 3.63) is 90.0 Å². The van der Waals surface area contributed by atoms with E-state index in [1.165, 1.54) is 5.56 Å². The third kappa shape index (κ3) is 4.92. The number of hydrazone groups is 1. The van der Waals surface area contributed by atoms with Gasteiger partial charge < -0.3 is 9.47 Å². The van der Waals surface area contributed by atoms with Crippen LogP contribution in [-0.4, -0.2) is 30.4 Å². The maximum absolute atomic E-state index is 5.42. The van der Waals surface area contributed by atoms with Crippen LogP contribution in [0.4, 0.5) is 5.95 Å². The fourth-order valence-corrected chi connectivity index (χ4v) is 3.21. The van der Waals surface area contributed by atoms with Crippen LogP contribution in [0.2, 0.25) is 0 Å². The molecule has 1 heterocycles. The summed E-state index contributed by atoms with van der Waals surface area (Å²) in [4.78, 5) is 9.33. The molecule has 6 heteroatoms. The van der Waals surface area contributed by atoms with Crippen LogP contribution >= 0.6 is 0 Å². The summed E-state index contributed by atoms with van der Waals surface area (Å²) in [6.45, 7) is 2.06. The first-order chi connectivity index (χ1) is 15.7. The van der Waals surface area contributed by atoms with E-state index in [2.05, 4.69) is 51.7 Å². The van der Waals surface area contributed by atoms with Crippen LogP contribution in [0.25, 0.3) is 22.5 Å². The van der Waals surface area contributed by atoms with E-state index in [0.29, 0.717) is 17.4 Å². The summed E-state index contributed by atoms with van der Waals surface area (Å²) in [7, 11) is 3.23. The molecule has 0 radical (unpaired) electrons. The third-order valence-electron chi connectivity index (χ3n) is 4.95. The first-order valence-corrected chi connectivity index (χ1v) is 10.2. The van der Waals surface area contributed by atoms with Gasteiger partial charge in [0.1, 0.15) is 11.5 Å². The van der Waals surface area contributed by atoms with Crippen molar-refractivity contribution in [2.24, 2.45) is 5.10 Å². The Morgan fingerprint density at radius 1 is 0.781 bits per heavy atom. The molecule has 1 N–H and O–H groups in total. The summed E-state index contributed by atoms with van der Waals surface area (Å²) in [5.74, 6) is 1.79. The highest BCUT2D eigenvalue weighted by molar-refractivity contribution is 5.84. The van der Waals surface area contributed by atoms with Gasteiger partial charge in [-0.15, -0.1) is 0 Å². The smallest absolute Gasteiger partial charge is 0.244 e. The van der Waals surface area contributed by atoms with Gasteiger partial charge in [-0.05, 0) is 25.1 Å². The number of anilines is 1. The predicted octanol–water partition coefficient (Wildman–Crippen LogP) is 5.58. The molecule has 0 unspecified atom stereocenters. The molecule has 3 aromatic carbocycles. The molecule has 0 amide bonds. The summed E-state index contributed by atoms with van der Waals surface area (Å²) < 4.78 is 10.7. The van der Waals surface area contributed by atoms with Gasteiger partial charge >= 0.3 is 0 Å². The first kappa shape index (κ1) is 21.1. The number of aromatic nitrogens is 2. The minimum atomic E-state index is 0.408. The normalized spacial score (nSPS) is 10.8. The average Bonchev–Trinajstić information content (AvgIpc) is 2.85. The van der Waals surface area contributed by atoms with Gasteiger partial charge in [0.15, 0.2) is 0 Å². The highest BCUT2D eigenvalue weighted by atomic mass is 16.5. The second kappa shape index (κ2) is 9.75. The van der Waals surface area contributed by atoms with Gasteiger partial charge in [0, 0.05) is 22.8 Å². The average molecular weight is 425 g/mol. The maximum atomic E-state index is 5.42. The maximum Gasteiger partial charge on any atom is 0.244 e. The van der Waals surface area contributed by atoms with Crippen molar-refractivity contribution in [2.45, 2.75) is 6.92 Å². The molecule has 0 spiro atoms. The zero-order valence-corrected chi connectivity index (χ0v) is 18.2. The number of nitrogens with zero attached hydrogens (tertiary/aromatic N) is 3. The number of benzene rings is 3. The quantitative estimate of drug-likeness (QED) is 0.310. The number of aryl methyl sites for hydroxylation is 1. The van der Waals surface area contributed by atoms with Crippen LogP contribution in [0.15, 0.2) is 84.0 Å². The molecule has 0 saturated carbocycles. The molecule has 160 valence electrons. The van der Waals surface area contributed by atoms with Crippen molar-refractivity contribution in [2.75, 3.05) is 19.6 Å². The topological polar surface area (TPSA) is 68.6 Å². The monoisotopic (exact) mass is 424 g/mol. The Kier molecular flexibility index (Phi) is 6.41. The molecule has 0 saturated heterocycles. The molecule has 0 aliphatic carbocycles. The minimum Gasteiger partial charge on any atom is -0.497 e. The minimum absolute atomic E-state index is 0.408. The van der Waals surface area contributed by atoms with Gasteiger partial charge in [0.05, 0.1) is 31.8 Å². The molecule has 4 rings (SSSR count). The second-order valence-electron chi connectivity index (χ2n) is 7.17. The van der Waals surface area contributed by atoms with Crippen molar-refractivity contribution >= 4 is 12.2 Å². The molecule has 0 atom stereocenters. The highest BCUT2D eigenvalue weighted by Crippen LogP contribution is 2.26. The molecule has 6 nitrogen and oxygen atoms in total. The molecule has 0 fully saturated rings. The van der Waals surface area contributed by atoms with E-state index in [9.17, 15) is 0 Å². The van der Waals surface area contributed by atoms with E-state index in [1.54, 1.807) is 20.4 Å². The first-order valence-electron chi connectivity index (χ1n) is 10.2. The SMILES string of the molecule is COc1ccc(/C=N/Nc2nc(-c3ccccc3)cc(-c3ccc(C)cc3)n2)c(OC)c1. The summed E-state index contributed by atoms with van der Waals surface area (Å²) >= 11 is 0. The Hall–Kier alpha value is -4.19. The Morgan fingerprint density at radius 3 is 2.12 bits per heavy atom. The van der Waals surface area contributed by atoms with Crippen molar-refractivity contribution in [1.29, 1.82) is 0 Å². The predicted molar refractivity (Wildman–Crippen MR) is 128 cm³/mol. The standard InChI is InChI=1S/C26H24N4O2/c1-18-9-11-20(12-10-18)24-16-23(19-7-5-4-6-8-19)28-26(29-24)30-27-17-21-13-14-22(31-2)15-25(21)32-3/h4-17H,1-3H3,(H,28,29,30)/b27-17+. The second-order valence-corrected chi connectivity index (χ2v) is 7.17. The number of rotatable bonds is 7. The van der Waals surface area contributed by atoms with Gasteiger partial charge in [-0.2, -0.15) is 5.10 Å². The number of hydrogen-bond donors (Lipinski definition) is 1. The van der Waals surface area contributed by atoms with Crippen molar-refractivity contribution in [1.82, 2.24) is 9.97 Å². The van der Waals surface area contributed by atoms with E-state index in [-0.39, 0.29) is 0 Å². The van der Waals surface area contributed by atoms with E-state index < -0.39 is 0 Å². The van der Waals surface area contributed by atoms with Crippen molar-refractivity contribution in [3.8, 4) is 34.0 Å². The van der Waals surface area contributed by atoms with Gasteiger partial charge in [0.2, 0.25) is 5.95 Å². The van der Waals surface area contributed by atoms with E-state index in [0.717, 1.165) is 28.1 Å². The summed E-state index contributed by atoms with van der Waals surface area (Å²) in [5, 5.41) is 4.34. The van der Waals surface area contributed by atoms with E-state index >= 15 is 0 Å². The number of hydrogen-bond acceptors (Lipinski definition) is 6. The van der Waals surface area contributed by atoms with Crippen LogP contribution < -0.4 is 14.9 Å². The summed E-state index contributed by atoms with van der Waals surface area (Å²) in [6.07, 6.45) is 1.67.